The van der Waals surface area contributed by atoms with E-state index in [9.17, 15) is 0 Å². The van der Waals surface area contributed by atoms with Gasteiger partial charge in [-0.1, -0.05) is 11.6 Å². The third kappa shape index (κ3) is 2.18. The van der Waals surface area contributed by atoms with Crippen molar-refractivity contribution in [3.8, 4) is 0 Å². The molecule has 0 amide bonds. The second kappa shape index (κ2) is 4.54. The lowest BCUT2D eigenvalue weighted by Crippen LogP contribution is -2.28. The first-order valence-electron chi connectivity index (χ1n) is 5.63. The van der Waals surface area contributed by atoms with E-state index in [2.05, 4.69) is 24.3 Å². The van der Waals surface area contributed by atoms with Crippen molar-refractivity contribution in [3.63, 3.8) is 0 Å². The molecule has 1 unspecified atom stereocenters. The molecule has 0 bridgehead atoms. The largest absolute Gasteiger partial charge is 0.316 e. The van der Waals surface area contributed by atoms with Crippen LogP contribution in [0.2, 0.25) is 5.15 Å². The Morgan fingerprint density at radius 1 is 1.60 bits per heavy atom. The van der Waals surface area contributed by atoms with Gasteiger partial charge in [-0.05, 0) is 33.2 Å². The lowest BCUT2D eigenvalue weighted by Gasteiger charge is -2.22. The smallest absolute Gasteiger partial charge is 0.130 e. The molecular formula is C11H18ClN3. The van der Waals surface area contributed by atoms with Gasteiger partial charge < -0.3 is 5.32 Å². The Morgan fingerprint density at radius 3 is 2.93 bits per heavy atom. The summed E-state index contributed by atoms with van der Waals surface area (Å²) in [6, 6.07) is 0.336. The summed E-state index contributed by atoms with van der Waals surface area (Å²) in [5, 5.41) is 8.57. The lowest BCUT2D eigenvalue weighted by molar-refractivity contribution is 0.460. The van der Waals surface area contributed by atoms with Gasteiger partial charge in [0.2, 0.25) is 0 Å². The van der Waals surface area contributed by atoms with Crippen LogP contribution in [0.5, 0.6) is 0 Å². The molecule has 84 valence electrons. The maximum atomic E-state index is 6.33. The van der Waals surface area contributed by atoms with Crippen LogP contribution in [0, 0.1) is 0 Å². The SMILES string of the molecule is CC(C)n1ncc(C2CCCNC2)c1Cl. The molecule has 0 aromatic carbocycles. The van der Waals surface area contributed by atoms with Crippen molar-refractivity contribution < 1.29 is 0 Å². The minimum atomic E-state index is 0.336. The normalized spacial score (nSPS) is 22.3. The van der Waals surface area contributed by atoms with Crippen molar-refractivity contribution in [1.29, 1.82) is 0 Å². The van der Waals surface area contributed by atoms with E-state index in [4.69, 9.17) is 11.6 Å². The van der Waals surface area contributed by atoms with Crippen molar-refractivity contribution in [2.45, 2.75) is 38.6 Å². The fraction of sp³-hybridized carbons (Fsp3) is 0.727. The highest BCUT2D eigenvalue weighted by Crippen LogP contribution is 2.30. The van der Waals surface area contributed by atoms with Crippen LogP contribution < -0.4 is 5.32 Å². The maximum Gasteiger partial charge on any atom is 0.130 e. The molecule has 15 heavy (non-hydrogen) atoms. The number of aromatic nitrogens is 2. The van der Waals surface area contributed by atoms with Gasteiger partial charge in [0.05, 0.1) is 6.20 Å². The molecule has 2 heterocycles. The third-order valence-corrected chi connectivity index (χ3v) is 3.38. The molecular weight excluding hydrogens is 210 g/mol. The summed E-state index contributed by atoms with van der Waals surface area (Å²) in [6.45, 7) is 6.36. The van der Waals surface area contributed by atoms with Crippen LogP contribution in [0.1, 0.15) is 44.2 Å². The Labute approximate surface area is 95.8 Å². The monoisotopic (exact) mass is 227 g/mol. The first kappa shape index (κ1) is 11.0. The summed E-state index contributed by atoms with van der Waals surface area (Å²) in [4.78, 5) is 0. The molecule has 1 fully saturated rings. The molecule has 1 saturated heterocycles. The lowest BCUT2D eigenvalue weighted by atomic mass is 9.94. The molecule has 3 nitrogen and oxygen atoms in total. The van der Waals surface area contributed by atoms with Gasteiger partial charge in [-0.15, -0.1) is 0 Å². The number of piperidine rings is 1. The highest BCUT2D eigenvalue weighted by Gasteiger charge is 2.21. The van der Waals surface area contributed by atoms with E-state index >= 15 is 0 Å². The quantitative estimate of drug-likeness (QED) is 0.842. The molecule has 0 radical (unpaired) electrons. The van der Waals surface area contributed by atoms with Gasteiger partial charge >= 0.3 is 0 Å². The number of hydrogen-bond acceptors (Lipinski definition) is 2. The Balaban J connectivity index is 2.20. The van der Waals surface area contributed by atoms with Crippen LogP contribution in [-0.2, 0) is 0 Å². The predicted molar refractivity (Wildman–Crippen MR) is 62.5 cm³/mol. The second-order valence-corrected chi connectivity index (χ2v) is 4.83. The van der Waals surface area contributed by atoms with Gasteiger partial charge in [-0.3, -0.25) is 4.68 Å². The fourth-order valence-electron chi connectivity index (χ4n) is 2.11. The number of rotatable bonds is 2. The molecule has 1 atom stereocenters. The van der Waals surface area contributed by atoms with E-state index in [1.165, 1.54) is 18.4 Å². The van der Waals surface area contributed by atoms with Crippen molar-refractivity contribution in [2.75, 3.05) is 13.1 Å². The van der Waals surface area contributed by atoms with E-state index in [0.717, 1.165) is 18.2 Å². The van der Waals surface area contributed by atoms with Crippen molar-refractivity contribution in [3.05, 3.63) is 16.9 Å². The summed E-state index contributed by atoms with van der Waals surface area (Å²) in [7, 11) is 0. The average Bonchev–Trinajstić information content (AvgIpc) is 2.61. The Bertz CT molecular complexity index is 327. The summed E-state index contributed by atoms with van der Waals surface area (Å²) in [5.74, 6) is 0.541. The summed E-state index contributed by atoms with van der Waals surface area (Å²) >= 11 is 6.33. The third-order valence-electron chi connectivity index (χ3n) is 2.99. The van der Waals surface area contributed by atoms with E-state index < -0.39 is 0 Å². The van der Waals surface area contributed by atoms with Crippen molar-refractivity contribution in [1.82, 2.24) is 15.1 Å². The molecule has 1 aromatic rings. The van der Waals surface area contributed by atoms with Crippen LogP contribution >= 0.6 is 11.6 Å². The molecule has 0 saturated carbocycles. The fourth-order valence-corrected chi connectivity index (χ4v) is 2.55. The van der Waals surface area contributed by atoms with Gasteiger partial charge in [0.15, 0.2) is 0 Å². The molecule has 4 heteroatoms. The molecule has 0 aliphatic carbocycles. The van der Waals surface area contributed by atoms with E-state index in [1.54, 1.807) is 0 Å². The number of hydrogen-bond donors (Lipinski definition) is 1. The van der Waals surface area contributed by atoms with Crippen LogP contribution in [0.3, 0.4) is 0 Å². The molecule has 2 rings (SSSR count). The van der Waals surface area contributed by atoms with E-state index in [1.807, 2.05) is 10.9 Å². The van der Waals surface area contributed by atoms with Crippen LogP contribution in [0.4, 0.5) is 0 Å². The van der Waals surface area contributed by atoms with E-state index in [0.29, 0.717) is 12.0 Å². The molecule has 1 aliphatic heterocycles. The average molecular weight is 228 g/mol. The summed E-state index contributed by atoms with van der Waals surface area (Å²) in [5.41, 5.74) is 1.21. The Kier molecular flexibility index (Phi) is 3.32. The molecule has 1 aromatic heterocycles. The Morgan fingerprint density at radius 2 is 2.40 bits per heavy atom. The number of nitrogens with one attached hydrogen (secondary N) is 1. The minimum absolute atomic E-state index is 0.336. The Hall–Kier alpha value is -0.540. The zero-order valence-electron chi connectivity index (χ0n) is 9.33. The van der Waals surface area contributed by atoms with Gasteiger partial charge in [0.1, 0.15) is 5.15 Å². The molecule has 0 spiro atoms. The van der Waals surface area contributed by atoms with Gasteiger partial charge in [0, 0.05) is 24.1 Å². The first-order chi connectivity index (χ1) is 7.20. The number of halogens is 1. The van der Waals surface area contributed by atoms with Crippen molar-refractivity contribution in [2.24, 2.45) is 0 Å². The summed E-state index contributed by atoms with van der Waals surface area (Å²) in [6.07, 6.45) is 4.38. The molecule has 1 aliphatic rings. The van der Waals surface area contributed by atoms with Crippen LogP contribution in [-0.4, -0.2) is 22.9 Å². The maximum absolute atomic E-state index is 6.33. The second-order valence-electron chi connectivity index (χ2n) is 4.47. The van der Waals surface area contributed by atoms with E-state index in [-0.39, 0.29) is 0 Å². The van der Waals surface area contributed by atoms with Gasteiger partial charge in [-0.2, -0.15) is 5.10 Å². The zero-order valence-corrected chi connectivity index (χ0v) is 10.1. The van der Waals surface area contributed by atoms with Crippen molar-refractivity contribution >= 4 is 11.6 Å². The minimum Gasteiger partial charge on any atom is -0.316 e. The topological polar surface area (TPSA) is 29.9 Å². The van der Waals surface area contributed by atoms with Crippen LogP contribution in [0.15, 0.2) is 6.20 Å². The number of nitrogens with zero attached hydrogens (tertiary/aromatic N) is 2. The van der Waals surface area contributed by atoms with Gasteiger partial charge in [0.25, 0.3) is 0 Å². The highest BCUT2D eigenvalue weighted by molar-refractivity contribution is 6.30. The zero-order chi connectivity index (χ0) is 10.8. The summed E-state index contributed by atoms with van der Waals surface area (Å²) < 4.78 is 1.89. The van der Waals surface area contributed by atoms with Crippen LogP contribution in [0.25, 0.3) is 0 Å². The standard InChI is InChI=1S/C11H18ClN3/c1-8(2)15-11(12)10(7-14-15)9-4-3-5-13-6-9/h7-9,13H,3-6H2,1-2H3. The molecule has 1 N–H and O–H groups in total. The predicted octanol–water partition coefficient (Wildman–Crippen LogP) is 2.58. The highest BCUT2D eigenvalue weighted by atomic mass is 35.5. The first-order valence-corrected chi connectivity index (χ1v) is 6.01. The van der Waals surface area contributed by atoms with Gasteiger partial charge in [-0.25, -0.2) is 0 Å².